The fourth-order valence-electron chi connectivity index (χ4n) is 1.64. The van der Waals surface area contributed by atoms with Gasteiger partial charge in [-0.2, -0.15) is 0 Å². The summed E-state index contributed by atoms with van der Waals surface area (Å²) in [4.78, 5) is 23.1. The zero-order valence-corrected chi connectivity index (χ0v) is 10.9. The van der Waals surface area contributed by atoms with Crippen LogP contribution in [-0.4, -0.2) is 19.1 Å². The summed E-state index contributed by atoms with van der Waals surface area (Å²) < 4.78 is 4.51. The second kappa shape index (κ2) is 6.38. The molecule has 102 valence electrons. The molecule has 2 aromatic rings. The van der Waals surface area contributed by atoms with Gasteiger partial charge in [0.05, 0.1) is 7.11 Å². The van der Waals surface area contributed by atoms with Gasteiger partial charge in [0.15, 0.2) is 0 Å². The lowest BCUT2D eigenvalue weighted by molar-refractivity contribution is 0.102. The van der Waals surface area contributed by atoms with E-state index >= 15 is 0 Å². The molecule has 5 nitrogen and oxygen atoms in total. The highest BCUT2D eigenvalue weighted by Gasteiger charge is 2.06. The SMILES string of the molecule is COC(=O)Nc1cccc(NC(=O)c2ccccc2)c1. The highest BCUT2D eigenvalue weighted by molar-refractivity contribution is 6.04. The standard InChI is InChI=1S/C15H14N2O3/c1-20-15(19)17-13-9-5-8-12(10-13)16-14(18)11-6-3-2-4-7-11/h2-10H,1H3,(H,16,18)(H,17,19). The Hall–Kier alpha value is -2.82. The third-order valence-corrected chi connectivity index (χ3v) is 2.59. The van der Waals surface area contributed by atoms with Crippen molar-refractivity contribution in [3.05, 3.63) is 60.2 Å². The van der Waals surface area contributed by atoms with Crippen molar-refractivity contribution in [2.75, 3.05) is 17.7 Å². The Morgan fingerprint density at radius 3 is 2.20 bits per heavy atom. The van der Waals surface area contributed by atoms with Crippen LogP contribution in [0, 0.1) is 0 Å². The Kier molecular flexibility index (Phi) is 4.34. The molecule has 0 saturated heterocycles. The van der Waals surface area contributed by atoms with E-state index in [0.717, 1.165) is 0 Å². The summed E-state index contributed by atoms with van der Waals surface area (Å²) in [5.41, 5.74) is 1.70. The number of amides is 2. The molecule has 2 rings (SSSR count). The second-order valence-electron chi connectivity index (χ2n) is 4.02. The van der Waals surface area contributed by atoms with Crippen LogP contribution in [0.4, 0.5) is 16.2 Å². The Morgan fingerprint density at radius 1 is 0.900 bits per heavy atom. The average molecular weight is 270 g/mol. The monoisotopic (exact) mass is 270 g/mol. The number of carbonyl (C=O) groups is 2. The van der Waals surface area contributed by atoms with Crippen molar-refractivity contribution in [3.8, 4) is 0 Å². The van der Waals surface area contributed by atoms with Crippen molar-refractivity contribution in [2.24, 2.45) is 0 Å². The van der Waals surface area contributed by atoms with Crippen LogP contribution in [0.2, 0.25) is 0 Å². The predicted molar refractivity (Wildman–Crippen MR) is 76.9 cm³/mol. The quantitative estimate of drug-likeness (QED) is 0.900. The number of hydrogen-bond donors (Lipinski definition) is 2. The number of hydrogen-bond acceptors (Lipinski definition) is 3. The molecule has 2 amide bonds. The Labute approximate surface area is 116 Å². The molecule has 0 bridgehead atoms. The summed E-state index contributed by atoms with van der Waals surface area (Å²) in [5, 5.41) is 5.29. The van der Waals surface area contributed by atoms with Gasteiger partial charge in [0, 0.05) is 16.9 Å². The van der Waals surface area contributed by atoms with E-state index < -0.39 is 6.09 Å². The van der Waals surface area contributed by atoms with Crippen LogP contribution >= 0.6 is 0 Å². The molecular formula is C15H14N2O3. The molecule has 0 aliphatic carbocycles. The van der Waals surface area contributed by atoms with Gasteiger partial charge in [-0.15, -0.1) is 0 Å². The van der Waals surface area contributed by atoms with Crippen molar-refractivity contribution in [3.63, 3.8) is 0 Å². The molecule has 0 aromatic heterocycles. The first kappa shape index (κ1) is 13.6. The maximum absolute atomic E-state index is 12.0. The van der Waals surface area contributed by atoms with E-state index in [0.29, 0.717) is 16.9 Å². The van der Waals surface area contributed by atoms with Gasteiger partial charge in [-0.3, -0.25) is 10.1 Å². The van der Waals surface area contributed by atoms with Crippen molar-refractivity contribution < 1.29 is 14.3 Å². The summed E-state index contributed by atoms with van der Waals surface area (Å²) in [5.74, 6) is -0.208. The van der Waals surface area contributed by atoms with E-state index in [1.165, 1.54) is 7.11 Å². The summed E-state index contributed by atoms with van der Waals surface area (Å²) in [6.07, 6.45) is -0.559. The van der Waals surface area contributed by atoms with Gasteiger partial charge in [0.2, 0.25) is 0 Å². The molecule has 0 heterocycles. The van der Waals surface area contributed by atoms with Crippen LogP contribution in [0.25, 0.3) is 0 Å². The topological polar surface area (TPSA) is 67.4 Å². The average Bonchev–Trinajstić information content (AvgIpc) is 2.48. The zero-order valence-electron chi connectivity index (χ0n) is 10.9. The molecule has 0 spiro atoms. The first-order chi connectivity index (χ1) is 9.69. The minimum atomic E-state index is -0.559. The Bertz CT molecular complexity index is 612. The summed E-state index contributed by atoms with van der Waals surface area (Å²) in [6, 6.07) is 15.7. The second-order valence-corrected chi connectivity index (χ2v) is 4.02. The highest BCUT2D eigenvalue weighted by Crippen LogP contribution is 2.16. The fraction of sp³-hybridized carbons (Fsp3) is 0.0667. The molecule has 20 heavy (non-hydrogen) atoms. The summed E-state index contributed by atoms with van der Waals surface area (Å²) in [6.45, 7) is 0. The number of benzene rings is 2. The molecule has 0 radical (unpaired) electrons. The summed E-state index contributed by atoms with van der Waals surface area (Å²) >= 11 is 0. The third kappa shape index (κ3) is 3.58. The third-order valence-electron chi connectivity index (χ3n) is 2.59. The van der Waals surface area contributed by atoms with Crippen LogP contribution in [0.5, 0.6) is 0 Å². The van der Waals surface area contributed by atoms with E-state index in [4.69, 9.17) is 0 Å². The normalized spacial score (nSPS) is 9.65. The van der Waals surface area contributed by atoms with Crippen molar-refractivity contribution >= 4 is 23.4 Å². The zero-order chi connectivity index (χ0) is 14.4. The molecule has 0 aliphatic heterocycles. The number of nitrogens with one attached hydrogen (secondary N) is 2. The first-order valence-corrected chi connectivity index (χ1v) is 6.00. The highest BCUT2D eigenvalue weighted by atomic mass is 16.5. The van der Waals surface area contributed by atoms with Crippen LogP contribution in [0.15, 0.2) is 54.6 Å². The summed E-state index contributed by atoms with van der Waals surface area (Å²) in [7, 11) is 1.29. The number of methoxy groups -OCH3 is 1. The minimum absolute atomic E-state index is 0.208. The molecule has 2 aromatic carbocycles. The number of anilines is 2. The smallest absolute Gasteiger partial charge is 0.411 e. The van der Waals surface area contributed by atoms with E-state index in [-0.39, 0.29) is 5.91 Å². The van der Waals surface area contributed by atoms with Gasteiger partial charge in [0.25, 0.3) is 5.91 Å². The first-order valence-electron chi connectivity index (χ1n) is 6.00. The molecule has 5 heteroatoms. The van der Waals surface area contributed by atoms with Gasteiger partial charge in [-0.25, -0.2) is 4.79 Å². The van der Waals surface area contributed by atoms with Gasteiger partial charge in [-0.1, -0.05) is 24.3 Å². The lowest BCUT2D eigenvalue weighted by Crippen LogP contribution is -2.13. The van der Waals surface area contributed by atoms with Gasteiger partial charge >= 0.3 is 6.09 Å². The minimum Gasteiger partial charge on any atom is -0.453 e. The molecule has 0 fully saturated rings. The van der Waals surface area contributed by atoms with Gasteiger partial charge in [-0.05, 0) is 30.3 Å². The van der Waals surface area contributed by atoms with Gasteiger partial charge in [0.1, 0.15) is 0 Å². The van der Waals surface area contributed by atoms with E-state index in [1.807, 2.05) is 6.07 Å². The number of carbonyl (C=O) groups excluding carboxylic acids is 2. The maximum atomic E-state index is 12.0. The Balaban J connectivity index is 2.08. The lowest BCUT2D eigenvalue weighted by Gasteiger charge is -2.08. The molecule has 0 unspecified atom stereocenters. The lowest BCUT2D eigenvalue weighted by atomic mass is 10.2. The molecule has 0 atom stereocenters. The number of rotatable bonds is 3. The largest absolute Gasteiger partial charge is 0.453 e. The van der Waals surface area contributed by atoms with Crippen LogP contribution < -0.4 is 10.6 Å². The molecule has 2 N–H and O–H groups in total. The van der Waals surface area contributed by atoms with Crippen molar-refractivity contribution in [1.29, 1.82) is 0 Å². The van der Waals surface area contributed by atoms with Crippen molar-refractivity contribution in [2.45, 2.75) is 0 Å². The van der Waals surface area contributed by atoms with E-state index in [1.54, 1.807) is 48.5 Å². The molecule has 0 aliphatic rings. The number of ether oxygens (including phenoxy) is 1. The Morgan fingerprint density at radius 2 is 1.55 bits per heavy atom. The van der Waals surface area contributed by atoms with E-state index in [2.05, 4.69) is 15.4 Å². The van der Waals surface area contributed by atoms with Crippen LogP contribution in [-0.2, 0) is 4.74 Å². The fourth-order valence-corrected chi connectivity index (χ4v) is 1.64. The van der Waals surface area contributed by atoms with Crippen LogP contribution in [0.3, 0.4) is 0 Å². The van der Waals surface area contributed by atoms with Gasteiger partial charge < -0.3 is 10.1 Å². The van der Waals surface area contributed by atoms with Crippen molar-refractivity contribution in [1.82, 2.24) is 0 Å². The predicted octanol–water partition coefficient (Wildman–Crippen LogP) is 3.12. The van der Waals surface area contributed by atoms with Crippen LogP contribution in [0.1, 0.15) is 10.4 Å². The maximum Gasteiger partial charge on any atom is 0.411 e. The molecular weight excluding hydrogens is 256 g/mol. The van der Waals surface area contributed by atoms with E-state index in [9.17, 15) is 9.59 Å². The molecule has 0 saturated carbocycles.